The van der Waals surface area contributed by atoms with Crippen LogP contribution in [-0.2, 0) is 25.5 Å². The van der Waals surface area contributed by atoms with E-state index in [1.54, 1.807) is 0 Å². The van der Waals surface area contributed by atoms with E-state index in [-0.39, 0.29) is 43.8 Å². The van der Waals surface area contributed by atoms with Crippen LogP contribution >= 0.6 is 0 Å². The number of nitrogens with one attached hydrogen (secondary N) is 3. The zero-order chi connectivity index (χ0) is 23.7. The third-order valence-corrected chi connectivity index (χ3v) is 3.80. The summed E-state index contributed by atoms with van der Waals surface area (Å²) < 4.78 is 10.6. The van der Waals surface area contributed by atoms with Gasteiger partial charge in [-0.05, 0) is 50.8 Å². The average Bonchev–Trinajstić information content (AvgIpc) is 2.68. The molecule has 7 heteroatoms. The largest absolute Gasteiger partial charge is 0.369 e. The summed E-state index contributed by atoms with van der Waals surface area (Å²) in [7, 11) is 0. The molecule has 0 fully saturated rings. The van der Waals surface area contributed by atoms with E-state index in [9.17, 15) is 9.59 Å². The predicted molar refractivity (Wildman–Crippen MR) is 127 cm³/mol. The van der Waals surface area contributed by atoms with Crippen LogP contribution in [0.5, 0.6) is 0 Å². The van der Waals surface area contributed by atoms with Gasteiger partial charge in [-0.1, -0.05) is 39.8 Å². The van der Waals surface area contributed by atoms with Gasteiger partial charge in [-0.2, -0.15) is 0 Å². The van der Waals surface area contributed by atoms with E-state index in [4.69, 9.17) is 9.47 Å². The summed E-state index contributed by atoms with van der Waals surface area (Å²) in [5, 5.41) is 8.89. The second kappa shape index (κ2) is 16.7. The van der Waals surface area contributed by atoms with E-state index in [0.29, 0.717) is 19.0 Å². The van der Waals surface area contributed by atoms with Gasteiger partial charge in [0.05, 0.1) is 13.2 Å². The SMILES string of the molecule is CC.CC(C)Cc1cccc(NC(=O)COCCOCC(=O)NCCNC(C)(C)C)c1. The van der Waals surface area contributed by atoms with Gasteiger partial charge in [0.1, 0.15) is 13.2 Å². The van der Waals surface area contributed by atoms with Crippen molar-refractivity contribution in [2.75, 3.05) is 44.8 Å². The number of hydrogen-bond acceptors (Lipinski definition) is 5. The van der Waals surface area contributed by atoms with Crippen molar-refractivity contribution in [1.82, 2.24) is 10.6 Å². The minimum Gasteiger partial charge on any atom is -0.369 e. The maximum Gasteiger partial charge on any atom is 0.250 e. The molecule has 31 heavy (non-hydrogen) atoms. The fraction of sp³-hybridized carbons (Fsp3) is 0.667. The molecule has 0 saturated carbocycles. The van der Waals surface area contributed by atoms with Gasteiger partial charge in [-0.25, -0.2) is 0 Å². The molecule has 1 rings (SSSR count). The Morgan fingerprint density at radius 1 is 0.968 bits per heavy atom. The van der Waals surface area contributed by atoms with Gasteiger partial charge in [-0.3, -0.25) is 9.59 Å². The van der Waals surface area contributed by atoms with Crippen molar-refractivity contribution in [3.63, 3.8) is 0 Å². The summed E-state index contributed by atoms with van der Waals surface area (Å²) in [6.07, 6.45) is 0.970. The molecular formula is C24H43N3O4. The van der Waals surface area contributed by atoms with E-state index in [0.717, 1.165) is 12.1 Å². The smallest absolute Gasteiger partial charge is 0.250 e. The third kappa shape index (κ3) is 17.4. The highest BCUT2D eigenvalue weighted by Crippen LogP contribution is 2.14. The molecule has 0 saturated heterocycles. The van der Waals surface area contributed by atoms with Gasteiger partial charge in [0, 0.05) is 24.3 Å². The zero-order valence-electron chi connectivity index (χ0n) is 20.5. The van der Waals surface area contributed by atoms with Gasteiger partial charge in [0.15, 0.2) is 0 Å². The minimum atomic E-state index is -0.212. The Balaban J connectivity index is 0.00000436. The molecule has 0 aliphatic carbocycles. The molecule has 0 atom stereocenters. The summed E-state index contributed by atoms with van der Waals surface area (Å²) in [5.74, 6) is 0.182. The maximum atomic E-state index is 12.0. The van der Waals surface area contributed by atoms with Crippen molar-refractivity contribution < 1.29 is 19.1 Å². The molecule has 3 N–H and O–H groups in total. The number of ether oxygens (including phenoxy) is 2. The highest BCUT2D eigenvalue weighted by atomic mass is 16.5. The predicted octanol–water partition coefficient (Wildman–Crippen LogP) is 3.39. The van der Waals surface area contributed by atoms with Crippen LogP contribution in [0, 0.1) is 5.92 Å². The first-order chi connectivity index (χ1) is 14.7. The summed E-state index contributed by atoms with van der Waals surface area (Å²) >= 11 is 0. The Morgan fingerprint density at radius 2 is 1.58 bits per heavy atom. The van der Waals surface area contributed by atoms with Crippen LogP contribution < -0.4 is 16.0 Å². The molecule has 0 heterocycles. The van der Waals surface area contributed by atoms with Crippen molar-refractivity contribution >= 4 is 17.5 Å². The lowest BCUT2D eigenvalue weighted by molar-refractivity contribution is -0.127. The highest BCUT2D eigenvalue weighted by molar-refractivity contribution is 5.91. The van der Waals surface area contributed by atoms with Crippen LogP contribution in [-0.4, -0.2) is 56.9 Å². The van der Waals surface area contributed by atoms with Gasteiger partial charge in [-0.15, -0.1) is 0 Å². The first-order valence-corrected chi connectivity index (χ1v) is 11.2. The van der Waals surface area contributed by atoms with E-state index >= 15 is 0 Å². The lowest BCUT2D eigenvalue weighted by Crippen LogP contribution is -2.42. The van der Waals surface area contributed by atoms with Crippen LogP contribution in [0.25, 0.3) is 0 Å². The van der Waals surface area contributed by atoms with E-state index < -0.39 is 0 Å². The molecule has 178 valence electrons. The summed E-state index contributed by atoms with van der Waals surface area (Å²) in [6.45, 7) is 16.2. The van der Waals surface area contributed by atoms with E-state index in [1.807, 2.05) is 32.0 Å². The molecule has 0 aromatic heterocycles. The van der Waals surface area contributed by atoms with E-state index in [2.05, 4.69) is 56.6 Å². The second-order valence-corrected chi connectivity index (χ2v) is 8.48. The zero-order valence-corrected chi connectivity index (χ0v) is 20.5. The first-order valence-electron chi connectivity index (χ1n) is 11.2. The number of benzene rings is 1. The van der Waals surface area contributed by atoms with Crippen LogP contribution in [0.15, 0.2) is 24.3 Å². The van der Waals surface area contributed by atoms with Crippen LogP contribution in [0.4, 0.5) is 5.69 Å². The summed E-state index contributed by atoms with van der Waals surface area (Å²) in [6, 6.07) is 7.84. The van der Waals surface area contributed by atoms with Gasteiger partial charge < -0.3 is 25.4 Å². The molecule has 2 amide bonds. The normalized spacial score (nSPS) is 11.0. The quantitative estimate of drug-likeness (QED) is 0.412. The van der Waals surface area contributed by atoms with Crippen molar-refractivity contribution in [1.29, 1.82) is 0 Å². The number of anilines is 1. The third-order valence-electron chi connectivity index (χ3n) is 3.80. The molecular weight excluding hydrogens is 394 g/mol. The first kappa shape index (κ1) is 29.0. The molecule has 0 unspecified atom stereocenters. The van der Waals surface area contributed by atoms with Crippen LogP contribution in [0.1, 0.15) is 54.0 Å². The van der Waals surface area contributed by atoms with Gasteiger partial charge in [0.2, 0.25) is 11.8 Å². The van der Waals surface area contributed by atoms with Crippen molar-refractivity contribution in [3.05, 3.63) is 29.8 Å². The number of carbonyl (C=O) groups is 2. The molecule has 0 aliphatic heterocycles. The van der Waals surface area contributed by atoms with E-state index in [1.165, 1.54) is 5.56 Å². The second-order valence-electron chi connectivity index (χ2n) is 8.48. The van der Waals surface area contributed by atoms with Crippen LogP contribution in [0.3, 0.4) is 0 Å². The lowest BCUT2D eigenvalue weighted by atomic mass is 10.0. The standard InChI is InChI=1S/C22H37N3O4.C2H6/c1-17(2)13-18-7-6-8-19(14-18)25-21(27)16-29-12-11-28-15-20(26)23-9-10-24-22(3,4)5;1-2/h6-8,14,17,24H,9-13,15-16H2,1-5H3,(H,23,26)(H,25,27);1-2H3. The fourth-order valence-electron chi connectivity index (χ4n) is 2.58. The molecule has 0 bridgehead atoms. The molecule has 0 spiro atoms. The van der Waals surface area contributed by atoms with Crippen molar-refractivity contribution in [2.45, 2.75) is 60.4 Å². The number of rotatable bonds is 13. The maximum absolute atomic E-state index is 12.0. The Hall–Kier alpha value is -1.96. The highest BCUT2D eigenvalue weighted by Gasteiger charge is 2.08. The molecule has 0 radical (unpaired) electrons. The molecule has 1 aromatic carbocycles. The number of carbonyl (C=O) groups excluding carboxylic acids is 2. The number of amides is 2. The van der Waals surface area contributed by atoms with Crippen molar-refractivity contribution in [2.24, 2.45) is 5.92 Å². The fourth-order valence-corrected chi connectivity index (χ4v) is 2.58. The lowest BCUT2D eigenvalue weighted by Gasteiger charge is -2.20. The van der Waals surface area contributed by atoms with Crippen LogP contribution in [0.2, 0.25) is 0 Å². The van der Waals surface area contributed by atoms with Gasteiger partial charge >= 0.3 is 0 Å². The molecule has 7 nitrogen and oxygen atoms in total. The monoisotopic (exact) mass is 437 g/mol. The summed E-state index contributed by atoms with van der Waals surface area (Å²) in [4.78, 5) is 23.6. The molecule has 0 aliphatic rings. The van der Waals surface area contributed by atoms with Crippen molar-refractivity contribution in [3.8, 4) is 0 Å². The average molecular weight is 438 g/mol. The Morgan fingerprint density at radius 3 is 2.16 bits per heavy atom. The Bertz CT molecular complexity index is 627. The van der Waals surface area contributed by atoms with Gasteiger partial charge in [0.25, 0.3) is 0 Å². The minimum absolute atomic E-state index is 0.0201. The topological polar surface area (TPSA) is 88.7 Å². The Labute approximate surface area is 188 Å². The summed E-state index contributed by atoms with van der Waals surface area (Å²) in [5.41, 5.74) is 1.99. The Kier molecular flexibility index (Phi) is 15.6. The molecule has 1 aromatic rings. The number of hydrogen-bond donors (Lipinski definition) is 3.